The standard InChI is InChI=1S/C18H20N2O2S/c1-3-20(15-7-4-6-13(2)10-15)17(21)14-11-19(12-14)18(22)16-8-5-9-23-16/h4-10,14H,3,11-12H2,1-2H3. The summed E-state index contributed by atoms with van der Waals surface area (Å²) in [6, 6.07) is 11.7. The summed E-state index contributed by atoms with van der Waals surface area (Å²) in [7, 11) is 0. The van der Waals surface area contributed by atoms with Crippen LogP contribution in [0.5, 0.6) is 0 Å². The van der Waals surface area contributed by atoms with E-state index in [-0.39, 0.29) is 17.7 Å². The van der Waals surface area contributed by atoms with E-state index in [1.165, 1.54) is 11.3 Å². The second kappa shape index (κ2) is 6.54. The third kappa shape index (κ3) is 3.15. The number of carbonyl (C=O) groups excluding carboxylic acids is 2. The molecule has 1 aliphatic rings. The molecule has 0 radical (unpaired) electrons. The van der Waals surface area contributed by atoms with Crippen molar-refractivity contribution >= 4 is 28.8 Å². The minimum Gasteiger partial charge on any atom is -0.336 e. The Labute approximate surface area is 140 Å². The molecule has 1 aromatic heterocycles. The lowest BCUT2D eigenvalue weighted by molar-refractivity contribution is -0.126. The number of hydrogen-bond acceptors (Lipinski definition) is 3. The number of thiophene rings is 1. The molecule has 120 valence electrons. The molecule has 2 amide bonds. The maximum atomic E-state index is 12.7. The lowest BCUT2D eigenvalue weighted by atomic mass is 9.97. The van der Waals surface area contributed by atoms with Gasteiger partial charge in [0, 0.05) is 25.3 Å². The van der Waals surface area contributed by atoms with E-state index in [2.05, 4.69) is 0 Å². The maximum absolute atomic E-state index is 12.7. The fraction of sp³-hybridized carbons (Fsp3) is 0.333. The molecular weight excluding hydrogens is 308 g/mol. The molecule has 23 heavy (non-hydrogen) atoms. The number of rotatable bonds is 4. The number of hydrogen-bond donors (Lipinski definition) is 0. The third-order valence-corrected chi connectivity index (χ3v) is 5.00. The van der Waals surface area contributed by atoms with Gasteiger partial charge >= 0.3 is 0 Å². The summed E-state index contributed by atoms with van der Waals surface area (Å²) in [5, 5.41) is 1.90. The predicted octanol–water partition coefficient (Wildman–Crippen LogP) is 3.18. The molecule has 1 aliphatic heterocycles. The number of benzene rings is 1. The molecule has 3 rings (SSSR count). The molecule has 4 nitrogen and oxygen atoms in total. The van der Waals surface area contributed by atoms with Crippen LogP contribution >= 0.6 is 11.3 Å². The Kier molecular flexibility index (Phi) is 4.48. The third-order valence-electron chi connectivity index (χ3n) is 4.15. The van der Waals surface area contributed by atoms with Gasteiger partial charge < -0.3 is 9.80 Å². The van der Waals surface area contributed by atoms with Gasteiger partial charge in [-0.05, 0) is 43.0 Å². The summed E-state index contributed by atoms with van der Waals surface area (Å²) in [4.78, 5) is 29.2. The summed E-state index contributed by atoms with van der Waals surface area (Å²) >= 11 is 1.44. The first-order valence-corrected chi connectivity index (χ1v) is 8.69. The van der Waals surface area contributed by atoms with Crippen LogP contribution in [-0.2, 0) is 4.79 Å². The van der Waals surface area contributed by atoms with Crippen molar-refractivity contribution in [1.82, 2.24) is 4.90 Å². The van der Waals surface area contributed by atoms with E-state index in [4.69, 9.17) is 0 Å². The summed E-state index contributed by atoms with van der Waals surface area (Å²) in [5.74, 6) is 0.0374. The fourth-order valence-electron chi connectivity index (χ4n) is 2.84. The van der Waals surface area contributed by atoms with E-state index in [1.807, 2.05) is 60.5 Å². The minimum absolute atomic E-state index is 0.0302. The van der Waals surface area contributed by atoms with Crippen molar-refractivity contribution in [3.8, 4) is 0 Å². The van der Waals surface area contributed by atoms with Crippen molar-refractivity contribution in [2.45, 2.75) is 13.8 Å². The van der Waals surface area contributed by atoms with E-state index in [0.717, 1.165) is 16.1 Å². The van der Waals surface area contributed by atoms with Crippen LogP contribution in [0.25, 0.3) is 0 Å². The van der Waals surface area contributed by atoms with Crippen molar-refractivity contribution in [2.75, 3.05) is 24.5 Å². The highest BCUT2D eigenvalue weighted by Gasteiger charge is 2.38. The Hall–Kier alpha value is -2.14. The molecule has 2 heterocycles. The second-order valence-electron chi connectivity index (χ2n) is 5.81. The molecule has 5 heteroatoms. The summed E-state index contributed by atoms with van der Waals surface area (Å²) in [6.07, 6.45) is 0. The molecule has 0 N–H and O–H groups in total. The number of aryl methyl sites for hydroxylation is 1. The van der Waals surface area contributed by atoms with Gasteiger partial charge in [-0.1, -0.05) is 18.2 Å². The van der Waals surface area contributed by atoms with Gasteiger partial charge in [0.25, 0.3) is 5.91 Å². The average molecular weight is 328 g/mol. The van der Waals surface area contributed by atoms with Crippen molar-refractivity contribution < 1.29 is 9.59 Å². The SMILES string of the molecule is CCN(C(=O)C1CN(C(=O)c2cccs2)C1)c1cccc(C)c1. The quantitative estimate of drug-likeness (QED) is 0.865. The topological polar surface area (TPSA) is 40.6 Å². The number of likely N-dealkylation sites (tertiary alicyclic amines) is 1. The molecule has 0 spiro atoms. The lowest BCUT2D eigenvalue weighted by Gasteiger charge is -2.40. The average Bonchev–Trinajstić information content (AvgIpc) is 3.00. The normalized spacial score (nSPS) is 14.4. The van der Waals surface area contributed by atoms with Crippen LogP contribution in [0.3, 0.4) is 0 Å². The molecule has 0 bridgehead atoms. The van der Waals surface area contributed by atoms with Crippen molar-refractivity contribution in [3.63, 3.8) is 0 Å². The van der Waals surface area contributed by atoms with Crippen LogP contribution in [-0.4, -0.2) is 36.3 Å². The van der Waals surface area contributed by atoms with E-state index in [1.54, 1.807) is 4.90 Å². The predicted molar refractivity (Wildman–Crippen MR) is 92.9 cm³/mol. The fourth-order valence-corrected chi connectivity index (χ4v) is 3.53. The Bertz CT molecular complexity index is 706. The molecule has 0 atom stereocenters. The first-order valence-electron chi connectivity index (χ1n) is 7.81. The summed E-state index contributed by atoms with van der Waals surface area (Å²) < 4.78 is 0. The Morgan fingerprint density at radius 2 is 2.04 bits per heavy atom. The second-order valence-corrected chi connectivity index (χ2v) is 6.75. The monoisotopic (exact) mass is 328 g/mol. The zero-order valence-electron chi connectivity index (χ0n) is 13.4. The Morgan fingerprint density at radius 1 is 1.26 bits per heavy atom. The van der Waals surface area contributed by atoms with Crippen LogP contribution in [0, 0.1) is 12.8 Å². The maximum Gasteiger partial charge on any atom is 0.263 e. The molecule has 2 aromatic rings. The van der Waals surface area contributed by atoms with Crippen LogP contribution in [0.15, 0.2) is 41.8 Å². The largest absolute Gasteiger partial charge is 0.336 e. The van der Waals surface area contributed by atoms with Gasteiger partial charge in [-0.25, -0.2) is 0 Å². The lowest BCUT2D eigenvalue weighted by Crippen LogP contribution is -2.56. The van der Waals surface area contributed by atoms with E-state index in [9.17, 15) is 9.59 Å². The van der Waals surface area contributed by atoms with E-state index < -0.39 is 0 Å². The molecule has 0 saturated carbocycles. The highest BCUT2D eigenvalue weighted by atomic mass is 32.1. The van der Waals surface area contributed by atoms with Crippen LogP contribution < -0.4 is 4.90 Å². The minimum atomic E-state index is -0.0978. The highest BCUT2D eigenvalue weighted by Crippen LogP contribution is 2.25. The van der Waals surface area contributed by atoms with Gasteiger partial charge in [0.15, 0.2) is 0 Å². The van der Waals surface area contributed by atoms with Crippen molar-refractivity contribution in [1.29, 1.82) is 0 Å². The molecule has 1 fully saturated rings. The molecule has 0 unspecified atom stereocenters. The van der Waals surface area contributed by atoms with Gasteiger partial charge in [0.2, 0.25) is 5.91 Å². The summed E-state index contributed by atoms with van der Waals surface area (Å²) in [6.45, 7) is 5.66. The zero-order valence-corrected chi connectivity index (χ0v) is 14.2. The summed E-state index contributed by atoms with van der Waals surface area (Å²) in [5.41, 5.74) is 2.07. The van der Waals surface area contributed by atoms with Crippen molar-refractivity contribution in [3.05, 3.63) is 52.2 Å². The van der Waals surface area contributed by atoms with Crippen molar-refractivity contribution in [2.24, 2.45) is 5.92 Å². The molecule has 0 aliphatic carbocycles. The smallest absolute Gasteiger partial charge is 0.263 e. The number of nitrogens with zero attached hydrogens (tertiary/aromatic N) is 2. The zero-order chi connectivity index (χ0) is 16.4. The van der Waals surface area contributed by atoms with Crippen LogP contribution in [0.1, 0.15) is 22.2 Å². The number of amides is 2. The van der Waals surface area contributed by atoms with Gasteiger partial charge in [0.1, 0.15) is 0 Å². The molecule has 1 aromatic carbocycles. The first-order chi connectivity index (χ1) is 11.1. The number of carbonyl (C=O) groups is 2. The Balaban J connectivity index is 1.64. The van der Waals surface area contributed by atoms with Gasteiger partial charge in [-0.15, -0.1) is 11.3 Å². The van der Waals surface area contributed by atoms with Gasteiger partial charge in [-0.2, -0.15) is 0 Å². The van der Waals surface area contributed by atoms with E-state index >= 15 is 0 Å². The number of anilines is 1. The molecule has 1 saturated heterocycles. The highest BCUT2D eigenvalue weighted by molar-refractivity contribution is 7.12. The Morgan fingerprint density at radius 3 is 2.65 bits per heavy atom. The van der Waals surface area contributed by atoms with Gasteiger partial charge in [0.05, 0.1) is 10.8 Å². The van der Waals surface area contributed by atoms with Crippen LogP contribution in [0.2, 0.25) is 0 Å². The van der Waals surface area contributed by atoms with Crippen LogP contribution in [0.4, 0.5) is 5.69 Å². The van der Waals surface area contributed by atoms with E-state index in [0.29, 0.717) is 19.6 Å². The van der Waals surface area contributed by atoms with Gasteiger partial charge in [-0.3, -0.25) is 9.59 Å². The first kappa shape index (κ1) is 15.7. The molecular formula is C18H20N2O2S.